The molecule has 0 atom stereocenters. The van der Waals surface area contributed by atoms with Crippen LogP contribution in [0.25, 0.3) is 6.08 Å². The number of ether oxygens (including phenoxy) is 1. The number of imide groups is 1. The van der Waals surface area contributed by atoms with Crippen LogP contribution in [0.5, 0.6) is 5.75 Å². The second-order valence-corrected chi connectivity index (χ2v) is 8.84. The number of aliphatic carboxylic acids is 1. The molecule has 8 nitrogen and oxygen atoms in total. The number of nitrogens with zero attached hydrogens (tertiary/aromatic N) is 1. The van der Waals surface area contributed by atoms with E-state index in [1.54, 1.807) is 24.3 Å². The first-order valence-corrected chi connectivity index (χ1v) is 11.0. The van der Waals surface area contributed by atoms with Gasteiger partial charge in [-0.25, -0.2) is 4.79 Å². The molecule has 1 fully saturated rings. The van der Waals surface area contributed by atoms with Crippen LogP contribution >= 0.6 is 27.7 Å². The summed E-state index contributed by atoms with van der Waals surface area (Å²) in [4.78, 5) is 49.4. The largest absolute Gasteiger partial charge is 0.481 e. The summed E-state index contributed by atoms with van der Waals surface area (Å²) in [5, 5.41) is 11.0. The van der Waals surface area contributed by atoms with Gasteiger partial charge in [0.2, 0.25) is 5.91 Å². The minimum atomic E-state index is -1.14. The zero-order valence-electron chi connectivity index (χ0n) is 17.2. The summed E-state index contributed by atoms with van der Waals surface area (Å²) in [5.41, 5.74) is 2.95. The molecule has 0 unspecified atom stereocenters. The van der Waals surface area contributed by atoms with E-state index < -0.39 is 36.2 Å². The van der Waals surface area contributed by atoms with Gasteiger partial charge >= 0.3 is 5.97 Å². The molecule has 0 bridgehead atoms. The Kier molecular flexibility index (Phi) is 7.37. The smallest absolute Gasteiger partial charge is 0.341 e. The monoisotopic (exact) mass is 518 g/mol. The van der Waals surface area contributed by atoms with Gasteiger partial charge in [0.05, 0.1) is 4.91 Å². The van der Waals surface area contributed by atoms with Gasteiger partial charge in [-0.2, -0.15) is 0 Å². The van der Waals surface area contributed by atoms with Crippen LogP contribution in [0.2, 0.25) is 0 Å². The van der Waals surface area contributed by atoms with Crippen LogP contribution in [-0.4, -0.2) is 46.2 Å². The number of thioether (sulfide) groups is 1. The minimum absolute atomic E-state index is 0.104. The minimum Gasteiger partial charge on any atom is -0.481 e. The molecule has 1 aliphatic rings. The van der Waals surface area contributed by atoms with Crippen molar-refractivity contribution in [2.45, 2.75) is 13.8 Å². The average molecular weight is 519 g/mol. The van der Waals surface area contributed by atoms with Gasteiger partial charge in [-0.05, 0) is 67.1 Å². The van der Waals surface area contributed by atoms with E-state index >= 15 is 0 Å². The molecule has 3 rings (SSSR count). The van der Waals surface area contributed by atoms with Crippen molar-refractivity contribution >= 4 is 62.5 Å². The molecule has 10 heteroatoms. The van der Waals surface area contributed by atoms with Gasteiger partial charge in [-0.15, -0.1) is 0 Å². The van der Waals surface area contributed by atoms with Crippen molar-refractivity contribution in [1.82, 2.24) is 4.90 Å². The van der Waals surface area contributed by atoms with Crippen LogP contribution in [0.3, 0.4) is 0 Å². The van der Waals surface area contributed by atoms with Crippen molar-refractivity contribution in [3.8, 4) is 5.75 Å². The fourth-order valence-electron chi connectivity index (χ4n) is 2.90. The number of amides is 3. The zero-order valence-corrected chi connectivity index (χ0v) is 19.6. The number of carbonyl (C=O) groups excluding carboxylic acids is 3. The van der Waals surface area contributed by atoms with E-state index in [4.69, 9.17) is 9.84 Å². The second-order valence-electron chi connectivity index (χ2n) is 6.93. The van der Waals surface area contributed by atoms with Crippen LogP contribution in [0.1, 0.15) is 16.7 Å². The Bertz CT molecular complexity index is 1150. The number of halogens is 1. The fourth-order valence-corrected chi connectivity index (χ4v) is 4.11. The molecule has 1 saturated heterocycles. The molecule has 0 saturated carbocycles. The lowest BCUT2D eigenvalue weighted by atomic mass is 10.1. The Hall–Kier alpha value is -3.11. The number of anilines is 1. The lowest BCUT2D eigenvalue weighted by Crippen LogP contribution is -2.36. The lowest BCUT2D eigenvalue weighted by Gasteiger charge is -2.14. The molecule has 3 amide bonds. The number of rotatable bonds is 7. The van der Waals surface area contributed by atoms with Crippen LogP contribution < -0.4 is 10.1 Å². The Morgan fingerprint density at radius 3 is 2.69 bits per heavy atom. The van der Waals surface area contributed by atoms with E-state index in [1.807, 2.05) is 26.0 Å². The number of aryl methyl sites for hydroxylation is 1. The van der Waals surface area contributed by atoms with E-state index in [2.05, 4.69) is 21.2 Å². The van der Waals surface area contributed by atoms with E-state index in [0.717, 1.165) is 16.0 Å². The normalized spacial score (nSPS) is 14.7. The number of benzene rings is 2. The van der Waals surface area contributed by atoms with Crippen molar-refractivity contribution in [3.05, 3.63) is 62.5 Å². The fraction of sp³-hybridized carbons (Fsp3) is 0.182. The van der Waals surface area contributed by atoms with Crippen LogP contribution in [-0.2, 0) is 14.4 Å². The first-order chi connectivity index (χ1) is 15.2. The van der Waals surface area contributed by atoms with Gasteiger partial charge in [0, 0.05) is 15.7 Å². The summed E-state index contributed by atoms with van der Waals surface area (Å²) < 4.78 is 5.94. The van der Waals surface area contributed by atoms with Crippen LogP contribution in [0.4, 0.5) is 10.5 Å². The van der Waals surface area contributed by atoms with Gasteiger partial charge in [0.25, 0.3) is 11.1 Å². The summed E-state index contributed by atoms with van der Waals surface area (Å²) in [6.45, 7) is 2.82. The second kappa shape index (κ2) is 10.0. The van der Waals surface area contributed by atoms with Crippen molar-refractivity contribution in [3.63, 3.8) is 0 Å². The summed E-state index contributed by atoms with van der Waals surface area (Å²) in [6.07, 6.45) is 1.44. The predicted molar refractivity (Wildman–Crippen MR) is 124 cm³/mol. The van der Waals surface area contributed by atoms with Gasteiger partial charge in [-0.1, -0.05) is 28.1 Å². The van der Waals surface area contributed by atoms with Gasteiger partial charge in [0.15, 0.2) is 6.61 Å². The average Bonchev–Trinajstić information content (AvgIpc) is 2.98. The molecule has 1 heterocycles. The molecule has 2 aromatic carbocycles. The third kappa shape index (κ3) is 5.57. The van der Waals surface area contributed by atoms with Crippen LogP contribution in [0.15, 0.2) is 45.8 Å². The number of hydrogen-bond acceptors (Lipinski definition) is 6. The number of carboxylic acid groups (broad SMARTS) is 1. The molecule has 0 radical (unpaired) electrons. The molecule has 0 aromatic heterocycles. The molecule has 0 spiro atoms. The van der Waals surface area contributed by atoms with Gasteiger partial charge < -0.3 is 15.2 Å². The maximum absolute atomic E-state index is 12.8. The molecular weight excluding hydrogens is 500 g/mol. The van der Waals surface area contributed by atoms with Crippen molar-refractivity contribution in [2.75, 3.05) is 18.5 Å². The van der Waals surface area contributed by atoms with E-state index in [-0.39, 0.29) is 10.7 Å². The summed E-state index contributed by atoms with van der Waals surface area (Å²) >= 11 is 4.02. The first kappa shape index (κ1) is 23.6. The first-order valence-electron chi connectivity index (χ1n) is 9.41. The highest BCUT2D eigenvalue weighted by Gasteiger charge is 2.36. The van der Waals surface area contributed by atoms with E-state index in [0.29, 0.717) is 27.5 Å². The Morgan fingerprint density at radius 2 is 1.97 bits per heavy atom. The molecule has 2 N–H and O–H groups in total. The summed E-state index contributed by atoms with van der Waals surface area (Å²) in [6, 6.07) is 10.3. The quantitative estimate of drug-likeness (QED) is 0.527. The summed E-state index contributed by atoms with van der Waals surface area (Å²) in [7, 11) is 0. The standard InChI is InChI=1S/C22H19BrN2O6S/c1-12-4-3-5-16(13(12)2)24-19(26)10-25-21(29)18(32-22(25)30)9-14-8-15(23)6-7-17(14)31-11-20(27)28/h3-9H,10-11H2,1-2H3,(H,24,26)(H,27,28)/b18-9+. The highest BCUT2D eigenvalue weighted by atomic mass is 79.9. The Morgan fingerprint density at radius 1 is 1.22 bits per heavy atom. The number of carboxylic acids is 1. The number of nitrogens with one attached hydrogen (secondary N) is 1. The third-order valence-electron chi connectivity index (χ3n) is 4.66. The molecule has 2 aromatic rings. The van der Waals surface area contributed by atoms with Gasteiger partial charge in [-0.3, -0.25) is 19.3 Å². The number of hydrogen-bond donors (Lipinski definition) is 2. The van der Waals surface area contributed by atoms with Crippen LogP contribution in [0, 0.1) is 13.8 Å². The van der Waals surface area contributed by atoms with Crippen molar-refractivity contribution < 1.29 is 29.0 Å². The maximum Gasteiger partial charge on any atom is 0.341 e. The zero-order chi connectivity index (χ0) is 23.4. The van der Waals surface area contributed by atoms with E-state index in [1.165, 1.54) is 6.08 Å². The highest BCUT2D eigenvalue weighted by molar-refractivity contribution is 9.10. The molecule has 32 heavy (non-hydrogen) atoms. The third-order valence-corrected chi connectivity index (χ3v) is 6.06. The predicted octanol–water partition coefficient (Wildman–Crippen LogP) is 4.20. The van der Waals surface area contributed by atoms with Gasteiger partial charge in [0.1, 0.15) is 12.3 Å². The van der Waals surface area contributed by atoms with Crippen molar-refractivity contribution in [1.29, 1.82) is 0 Å². The molecule has 0 aliphatic carbocycles. The highest BCUT2D eigenvalue weighted by Crippen LogP contribution is 2.35. The lowest BCUT2D eigenvalue weighted by molar-refractivity contribution is -0.139. The SMILES string of the molecule is Cc1cccc(NC(=O)CN2C(=O)S/C(=C/c3cc(Br)ccc3OCC(=O)O)C2=O)c1C. The molecule has 1 aliphatic heterocycles. The Labute approximate surface area is 196 Å². The van der Waals surface area contributed by atoms with E-state index in [9.17, 15) is 19.2 Å². The Balaban J connectivity index is 1.76. The topological polar surface area (TPSA) is 113 Å². The summed E-state index contributed by atoms with van der Waals surface area (Å²) in [5.74, 6) is -2.00. The molecule has 166 valence electrons. The van der Waals surface area contributed by atoms with Crippen molar-refractivity contribution in [2.24, 2.45) is 0 Å². The maximum atomic E-state index is 12.8. The number of carbonyl (C=O) groups is 4. The molecular formula is C22H19BrN2O6S.